The van der Waals surface area contributed by atoms with Crippen molar-refractivity contribution in [3.63, 3.8) is 0 Å². The van der Waals surface area contributed by atoms with Gasteiger partial charge in [0, 0.05) is 16.9 Å². The molecule has 2 aromatic heterocycles. The SMILES string of the molecule is Cc1nccc(CNc2ncc(Br)cc2Cl)n1. The molecule has 88 valence electrons. The fourth-order valence-electron chi connectivity index (χ4n) is 1.32. The van der Waals surface area contributed by atoms with E-state index in [9.17, 15) is 0 Å². The first-order valence-corrected chi connectivity index (χ1v) is 6.15. The molecule has 0 radical (unpaired) electrons. The Hall–Kier alpha value is -1.20. The minimum absolute atomic E-state index is 0.567. The topological polar surface area (TPSA) is 50.7 Å². The molecule has 2 aromatic rings. The number of nitrogens with zero attached hydrogens (tertiary/aromatic N) is 3. The third-order valence-electron chi connectivity index (χ3n) is 2.08. The molecule has 0 fully saturated rings. The summed E-state index contributed by atoms with van der Waals surface area (Å²) < 4.78 is 0.853. The molecule has 0 saturated heterocycles. The van der Waals surface area contributed by atoms with Crippen LogP contribution in [-0.4, -0.2) is 15.0 Å². The summed E-state index contributed by atoms with van der Waals surface area (Å²) >= 11 is 9.35. The Balaban J connectivity index is 2.07. The molecule has 0 amide bonds. The van der Waals surface area contributed by atoms with Crippen LogP contribution in [0.25, 0.3) is 0 Å². The Morgan fingerprint density at radius 3 is 2.94 bits per heavy atom. The highest BCUT2D eigenvalue weighted by Gasteiger charge is 2.03. The van der Waals surface area contributed by atoms with Crippen LogP contribution in [0, 0.1) is 6.92 Å². The second kappa shape index (κ2) is 5.42. The molecule has 0 aliphatic rings. The van der Waals surface area contributed by atoms with Crippen molar-refractivity contribution in [3.05, 3.63) is 45.5 Å². The Bertz CT molecular complexity index is 533. The van der Waals surface area contributed by atoms with Crippen LogP contribution < -0.4 is 5.32 Å². The maximum atomic E-state index is 6.04. The van der Waals surface area contributed by atoms with Gasteiger partial charge in [-0.3, -0.25) is 0 Å². The van der Waals surface area contributed by atoms with Gasteiger partial charge in [-0.25, -0.2) is 15.0 Å². The van der Waals surface area contributed by atoms with Crippen molar-refractivity contribution in [2.75, 3.05) is 5.32 Å². The summed E-state index contributed by atoms with van der Waals surface area (Å²) in [5.74, 6) is 1.39. The predicted octanol–water partition coefficient (Wildman–Crippen LogP) is 3.21. The lowest BCUT2D eigenvalue weighted by molar-refractivity contribution is 0.950. The fraction of sp³-hybridized carbons (Fsp3) is 0.182. The molecule has 0 saturated carbocycles. The Morgan fingerprint density at radius 1 is 1.41 bits per heavy atom. The maximum absolute atomic E-state index is 6.04. The molecular formula is C11H10BrClN4. The van der Waals surface area contributed by atoms with E-state index in [1.807, 2.05) is 13.0 Å². The number of aryl methyl sites for hydroxylation is 1. The van der Waals surface area contributed by atoms with Crippen molar-refractivity contribution in [2.24, 2.45) is 0 Å². The highest BCUT2D eigenvalue weighted by atomic mass is 79.9. The molecule has 0 spiro atoms. The van der Waals surface area contributed by atoms with Gasteiger partial charge in [0.2, 0.25) is 0 Å². The minimum Gasteiger partial charge on any atom is -0.363 e. The molecule has 4 nitrogen and oxygen atoms in total. The molecule has 2 rings (SSSR count). The monoisotopic (exact) mass is 312 g/mol. The number of nitrogens with one attached hydrogen (secondary N) is 1. The number of pyridine rings is 1. The van der Waals surface area contributed by atoms with Crippen LogP contribution in [-0.2, 0) is 6.54 Å². The largest absolute Gasteiger partial charge is 0.363 e. The van der Waals surface area contributed by atoms with E-state index in [0.29, 0.717) is 17.4 Å². The van der Waals surface area contributed by atoms with Gasteiger partial charge in [0.05, 0.1) is 17.3 Å². The normalized spacial score (nSPS) is 10.3. The second-order valence-corrected chi connectivity index (χ2v) is 4.76. The molecule has 1 N–H and O–H groups in total. The quantitative estimate of drug-likeness (QED) is 0.945. The number of aromatic nitrogens is 3. The van der Waals surface area contributed by atoms with E-state index in [-0.39, 0.29) is 0 Å². The van der Waals surface area contributed by atoms with Gasteiger partial charge < -0.3 is 5.32 Å². The van der Waals surface area contributed by atoms with Crippen LogP contribution in [0.2, 0.25) is 5.02 Å². The summed E-state index contributed by atoms with van der Waals surface area (Å²) in [6.45, 7) is 2.42. The summed E-state index contributed by atoms with van der Waals surface area (Å²) in [5.41, 5.74) is 0.901. The van der Waals surface area contributed by atoms with Crippen LogP contribution >= 0.6 is 27.5 Å². The first-order chi connectivity index (χ1) is 8.15. The van der Waals surface area contributed by atoms with Crippen LogP contribution in [0.4, 0.5) is 5.82 Å². The number of halogens is 2. The average Bonchev–Trinajstić information content (AvgIpc) is 2.28. The van der Waals surface area contributed by atoms with Crippen LogP contribution in [0.15, 0.2) is 29.0 Å². The van der Waals surface area contributed by atoms with E-state index >= 15 is 0 Å². The summed E-state index contributed by atoms with van der Waals surface area (Å²) in [6.07, 6.45) is 3.43. The molecule has 0 aliphatic carbocycles. The zero-order valence-electron chi connectivity index (χ0n) is 9.11. The van der Waals surface area contributed by atoms with E-state index in [0.717, 1.165) is 16.0 Å². The Morgan fingerprint density at radius 2 is 2.24 bits per heavy atom. The van der Waals surface area contributed by atoms with Crippen molar-refractivity contribution in [1.82, 2.24) is 15.0 Å². The van der Waals surface area contributed by atoms with Gasteiger partial charge in [-0.05, 0) is 35.0 Å². The highest BCUT2D eigenvalue weighted by molar-refractivity contribution is 9.10. The average molecular weight is 314 g/mol. The lowest BCUT2D eigenvalue weighted by Crippen LogP contribution is -2.04. The van der Waals surface area contributed by atoms with Gasteiger partial charge in [0.25, 0.3) is 0 Å². The van der Waals surface area contributed by atoms with Gasteiger partial charge in [-0.2, -0.15) is 0 Å². The molecule has 6 heteroatoms. The van der Waals surface area contributed by atoms with Crippen LogP contribution in [0.5, 0.6) is 0 Å². The van der Waals surface area contributed by atoms with Gasteiger partial charge >= 0.3 is 0 Å². The van der Waals surface area contributed by atoms with E-state index < -0.39 is 0 Å². The van der Waals surface area contributed by atoms with E-state index in [1.165, 1.54) is 0 Å². The van der Waals surface area contributed by atoms with Crippen molar-refractivity contribution >= 4 is 33.3 Å². The van der Waals surface area contributed by atoms with Crippen molar-refractivity contribution < 1.29 is 0 Å². The summed E-state index contributed by atoms with van der Waals surface area (Å²) in [5, 5.41) is 3.70. The smallest absolute Gasteiger partial charge is 0.145 e. The van der Waals surface area contributed by atoms with Crippen molar-refractivity contribution in [3.8, 4) is 0 Å². The molecule has 0 bridgehead atoms. The molecule has 0 unspecified atom stereocenters. The standard InChI is InChI=1S/C11H10BrClN4/c1-7-14-3-2-9(17-7)6-16-11-10(13)4-8(12)5-15-11/h2-5H,6H2,1H3,(H,15,16). The molecule has 17 heavy (non-hydrogen) atoms. The summed E-state index contributed by atoms with van der Waals surface area (Å²) in [6, 6.07) is 3.65. The predicted molar refractivity (Wildman–Crippen MR) is 71.0 cm³/mol. The first kappa shape index (κ1) is 12.3. The molecule has 2 heterocycles. The third-order valence-corrected chi connectivity index (χ3v) is 2.80. The highest BCUT2D eigenvalue weighted by Crippen LogP contribution is 2.22. The lowest BCUT2D eigenvalue weighted by atomic mass is 10.4. The zero-order chi connectivity index (χ0) is 12.3. The second-order valence-electron chi connectivity index (χ2n) is 3.43. The van der Waals surface area contributed by atoms with E-state index in [2.05, 4.69) is 36.2 Å². The molecule has 0 aromatic carbocycles. The number of rotatable bonds is 3. The fourth-order valence-corrected chi connectivity index (χ4v) is 2.02. The van der Waals surface area contributed by atoms with E-state index in [1.54, 1.807) is 18.5 Å². The zero-order valence-corrected chi connectivity index (χ0v) is 11.5. The molecular weight excluding hydrogens is 304 g/mol. The van der Waals surface area contributed by atoms with Crippen molar-refractivity contribution in [1.29, 1.82) is 0 Å². The van der Waals surface area contributed by atoms with Crippen LogP contribution in [0.3, 0.4) is 0 Å². The number of hydrogen-bond acceptors (Lipinski definition) is 4. The van der Waals surface area contributed by atoms with Crippen LogP contribution in [0.1, 0.15) is 11.5 Å². The minimum atomic E-state index is 0.567. The van der Waals surface area contributed by atoms with Gasteiger partial charge in [0.1, 0.15) is 11.6 Å². The molecule has 0 aliphatic heterocycles. The van der Waals surface area contributed by atoms with Crippen molar-refractivity contribution in [2.45, 2.75) is 13.5 Å². The Kier molecular flexibility index (Phi) is 3.91. The van der Waals surface area contributed by atoms with Gasteiger partial charge in [-0.15, -0.1) is 0 Å². The van der Waals surface area contributed by atoms with Gasteiger partial charge in [0.15, 0.2) is 0 Å². The lowest BCUT2D eigenvalue weighted by Gasteiger charge is -2.07. The maximum Gasteiger partial charge on any atom is 0.145 e. The van der Waals surface area contributed by atoms with E-state index in [4.69, 9.17) is 11.6 Å². The van der Waals surface area contributed by atoms with Gasteiger partial charge in [-0.1, -0.05) is 11.6 Å². The molecule has 0 atom stereocenters. The number of anilines is 1. The third kappa shape index (κ3) is 3.38. The summed E-state index contributed by atoms with van der Waals surface area (Å²) in [7, 11) is 0. The number of hydrogen-bond donors (Lipinski definition) is 1. The Labute approximate surface area is 113 Å². The summed E-state index contributed by atoms with van der Waals surface area (Å²) in [4.78, 5) is 12.5. The first-order valence-electron chi connectivity index (χ1n) is 4.98.